The second kappa shape index (κ2) is 5.87. The first-order valence-electron chi connectivity index (χ1n) is 6.13. The summed E-state index contributed by atoms with van der Waals surface area (Å²) in [6, 6.07) is 10.2. The fourth-order valence-corrected chi connectivity index (χ4v) is 4.66. The summed E-state index contributed by atoms with van der Waals surface area (Å²) in [5, 5.41) is -0.831. The molecule has 96 valence electrons. The van der Waals surface area contributed by atoms with Crippen LogP contribution >= 0.6 is 16.6 Å². The maximum atomic E-state index is 6.76. The monoisotopic (exact) mass is 288 g/mol. The molecule has 0 saturated heterocycles. The van der Waals surface area contributed by atoms with E-state index in [1.54, 1.807) is 0 Å². The van der Waals surface area contributed by atoms with Crippen LogP contribution in [-0.4, -0.2) is 5.16 Å². The van der Waals surface area contributed by atoms with Crippen molar-refractivity contribution in [2.45, 2.75) is 45.7 Å². The Morgan fingerprint density at radius 1 is 1.24 bits per heavy atom. The molecule has 0 bridgehead atoms. The topological polar surface area (TPSA) is 0 Å². The SMILES string of the molecule is CC(C)CCC(C)(C)[P@@](=S)(Cl)c1ccccc1. The van der Waals surface area contributed by atoms with E-state index in [0.717, 1.165) is 11.7 Å². The van der Waals surface area contributed by atoms with Crippen LogP contribution in [-0.2, 0) is 11.8 Å². The van der Waals surface area contributed by atoms with Crippen molar-refractivity contribution in [1.82, 2.24) is 0 Å². The number of rotatable bonds is 5. The third-order valence-corrected chi connectivity index (χ3v) is 10.0. The normalized spacial score (nSPS) is 15.9. The van der Waals surface area contributed by atoms with Crippen LogP contribution in [0.25, 0.3) is 0 Å². The van der Waals surface area contributed by atoms with Gasteiger partial charge in [-0.1, -0.05) is 87.5 Å². The molecule has 0 saturated carbocycles. The van der Waals surface area contributed by atoms with Gasteiger partial charge >= 0.3 is 0 Å². The third-order valence-electron chi connectivity index (χ3n) is 3.20. The van der Waals surface area contributed by atoms with E-state index in [2.05, 4.69) is 39.8 Å². The molecule has 1 aromatic rings. The van der Waals surface area contributed by atoms with Crippen LogP contribution in [0.1, 0.15) is 40.5 Å². The first-order valence-corrected chi connectivity index (χ1v) is 9.83. The maximum absolute atomic E-state index is 6.76. The van der Waals surface area contributed by atoms with Crippen LogP contribution in [0.3, 0.4) is 0 Å². The van der Waals surface area contributed by atoms with Crippen molar-refractivity contribution in [3.05, 3.63) is 30.3 Å². The molecule has 0 amide bonds. The van der Waals surface area contributed by atoms with Gasteiger partial charge in [-0.15, -0.1) is 0 Å². The van der Waals surface area contributed by atoms with Gasteiger partial charge in [0.15, 0.2) is 0 Å². The molecular weight excluding hydrogens is 267 g/mol. The largest absolute Gasteiger partial charge is 0.0800 e. The molecule has 1 rings (SSSR count). The smallest absolute Gasteiger partial charge is 0.0711 e. The molecule has 0 N–H and O–H groups in total. The van der Waals surface area contributed by atoms with Crippen LogP contribution < -0.4 is 5.30 Å². The Hall–Kier alpha value is 0.160. The molecular formula is C14H22ClPS. The van der Waals surface area contributed by atoms with Crippen molar-refractivity contribution in [2.24, 2.45) is 5.92 Å². The van der Waals surface area contributed by atoms with E-state index in [9.17, 15) is 0 Å². The first kappa shape index (κ1) is 15.2. The lowest BCUT2D eigenvalue weighted by atomic mass is 10.0. The van der Waals surface area contributed by atoms with Gasteiger partial charge < -0.3 is 0 Å². The minimum Gasteiger partial charge on any atom is -0.0800 e. The molecule has 17 heavy (non-hydrogen) atoms. The van der Waals surface area contributed by atoms with Gasteiger partial charge in [-0.25, -0.2) is 0 Å². The van der Waals surface area contributed by atoms with Crippen molar-refractivity contribution in [1.29, 1.82) is 0 Å². The minimum absolute atomic E-state index is 0.0233. The Bertz CT molecular complexity index is 398. The van der Waals surface area contributed by atoms with Crippen molar-refractivity contribution in [3.8, 4) is 0 Å². The molecule has 0 aliphatic rings. The summed E-state index contributed by atoms with van der Waals surface area (Å²) in [5.74, 6) is 0.705. The lowest BCUT2D eigenvalue weighted by Gasteiger charge is -2.34. The Balaban J connectivity index is 2.93. The second-order valence-electron chi connectivity index (χ2n) is 5.61. The molecule has 0 unspecified atom stereocenters. The van der Waals surface area contributed by atoms with Gasteiger partial charge in [0.25, 0.3) is 0 Å². The lowest BCUT2D eigenvalue weighted by Crippen LogP contribution is -2.24. The molecule has 0 aliphatic heterocycles. The third kappa shape index (κ3) is 3.81. The highest BCUT2D eigenvalue weighted by Gasteiger charge is 2.35. The molecule has 3 heteroatoms. The van der Waals surface area contributed by atoms with Crippen molar-refractivity contribution in [2.75, 3.05) is 0 Å². The summed E-state index contributed by atoms with van der Waals surface area (Å²) in [6.45, 7) is 8.93. The molecule has 1 atom stereocenters. The average Bonchev–Trinajstić information content (AvgIpc) is 2.27. The van der Waals surface area contributed by atoms with E-state index in [0.29, 0.717) is 5.92 Å². The highest BCUT2D eigenvalue weighted by Crippen LogP contribution is 2.63. The van der Waals surface area contributed by atoms with E-state index in [-0.39, 0.29) is 5.16 Å². The molecule has 0 heterocycles. The molecule has 1 aromatic carbocycles. The molecule has 0 aliphatic carbocycles. The van der Waals surface area contributed by atoms with E-state index >= 15 is 0 Å². The molecule has 0 fully saturated rings. The Morgan fingerprint density at radius 3 is 2.24 bits per heavy atom. The maximum Gasteiger partial charge on any atom is 0.0711 e. The van der Waals surface area contributed by atoms with Crippen LogP contribution in [0.15, 0.2) is 30.3 Å². The lowest BCUT2D eigenvalue weighted by molar-refractivity contribution is 0.499. The zero-order valence-electron chi connectivity index (χ0n) is 11.1. The van der Waals surface area contributed by atoms with Crippen molar-refractivity contribution < 1.29 is 0 Å². The summed E-state index contributed by atoms with van der Waals surface area (Å²) in [6.07, 6.45) is 2.28. The number of hydrogen-bond acceptors (Lipinski definition) is 1. The van der Waals surface area contributed by atoms with E-state index in [4.69, 9.17) is 23.0 Å². The predicted molar refractivity (Wildman–Crippen MR) is 84.4 cm³/mol. The standard InChI is InChI=1S/C14H22ClPS/c1-12(2)10-11-14(3,4)16(15,17)13-8-6-5-7-9-13/h5-9,12H,10-11H2,1-4H3/t16-/m1/s1. The summed E-state index contributed by atoms with van der Waals surface area (Å²) in [7, 11) is 0. The van der Waals surface area contributed by atoms with Gasteiger partial charge in [0.2, 0.25) is 0 Å². The summed E-state index contributed by atoms with van der Waals surface area (Å²) < 4.78 is 0. The Morgan fingerprint density at radius 2 is 1.76 bits per heavy atom. The van der Waals surface area contributed by atoms with Gasteiger partial charge in [0, 0.05) is 5.16 Å². The zero-order chi connectivity index (χ0) is 13.1. The van der Waals surface area contributed by atoms with Gasteiger partial charge in [-0.05, 0) is 17.6 Å². The van der Waals surface area contributed by atoms with Gasteiger partial charge in [-0.2, -0.15) is 0 Å². The number of halogens is 1. The number of benzene rings is 1. The molecule has 0 radical (unpaired) electrons. The Kier molecular flexibility index (Phi) is 5.25. The molecule has 0 aromatic heterocycles. The summed E-state index contributed by atoms with van der Waals surface area (Å²) in [5.41, 5.74) is 0. The quantitative estimate of drug-likeness (QED) is 0.674. The van der Waals surface area contributed by atoms with Gasteiger partial charge in [0.05, 0.1) is 5.39 Å². The van der Waals surface area contributed by atoms with Crippen molar-refractivity contribution >= 4 is 33.7 Å². The zero-order valence-corrected chi connectivity index (χ0v) is 13.6. The highest BCUT2D eigenvalue weighted by atomic mass is 35.7. The van der Waals surface area contributed by atoms with Gasteiger partial charge in [-0.3, -0.25) is 0 Å². The fraction of sp³-hybridized carbons (Fsp3) is 0.571. The molecule has 0 nitrogen and oxygen atoms in total. The van der Waals surface area contributed by atoms with Crippen LogP contribution in [0.5, 0.6) is 0 Å². The predicted octanol–water partition coefficient (Wildman–Crippen LogP) is 5.16. The summed E-state index contributed by atoms with van der Waals surface area (Å²) in [4.78, 5) is 0. The van der Waals surface area contributed by atoms with E-state index in [1.165, 1.54) is 6.42 Å². The van der Waals surface area contributed by atoms with E-state index in [1.807, 2.05) is 18.2 Å². The van der Waals surface area contributed by atoms with Crippen LogP contribution in [0, 0.1) is 5.92 Å². The van der Waals surface area contributed by atoms with Crippen molar-refractivity contribution in [3.63, 3.8) is 0 Å². The second-order valence-corrected chi connectivity index (χ2v) is 12.2. The molecule has 0 spiro atoms. The number of hydrogen-bond donors (Lipinski definition) is 0. The Labute approximate surface area is 116 Å². The van der Waals surface area contributed by atoms with Crippen LogP contribution in [0.4, 0.5) is 0 Å². The fourth-order valence-electron chi connectivity index (χ4n) is 1.75. The van der Waals surface area contributed by atoms with E-state index < -0.39 is 5.39 Å². The highest BCUT2D eigenvalue weighted by molar-refractivity contribution is 8.31. The minimum atomic E-state index is -2.00. The first-order chi connectivity index (χ1) is 7.77. The van der Waals surface area contributed by atoms with Gasteiger partial charge in [0.1, 0.15) is 0 Å². The van der Waals surface area contributed by atoms with Crippen LogP contribution in [0.2, 0.25) is 0 Å². The summed E-state index contributed by atoms with van der Waals surface area (Å²) >= 11 is 12.5. The average molecular weight is 289 g/mol.